The molecule has 0 aliphatic heterocycles. The van der Waals surface area contributed by atoms with Gasteiger partial charge >= 0.3 is 0 Å². The fourth-order valence-corrected chi connectivity index (χ4v) is 5.52. The predicted octanol–water partition coefficient (Wildman–Crippen LogP) is 3.45. The lowest BCUT2D eigenvalue weighted by Crippen LogP contribution is -2.51. The fraction of sp³-hybridized carbons (Fsp3) is 0.286. The molecule has 0 fully saturated rings. The maximum atomic E-state index is 13.9. The van der Waals surface area contributed by atoms with Crippen molar-refractivity contribution in [2.45, 2.75) is 30.8 Å². The van der Waals surface area contributed by atoms with Crippen molar-refractivity contribution in [2.75, 3.05) is 32.1 Å². The zero-order valence-corrected chi connectivity index (χ0v) is 22.8. The van der Waals surface area contributed by atoms with E-state index in [2.05, 4.69) is 5.32 Å². The Balaban J connectivity index is 2.06. The van der Waals surface area contributed by atoms with Gasteiger partial charge < -0.3 is 19.7 Å². The number of anilines is 1. The number of ether oxygens (including phenoxy) is 2. The molecule has 2 amide bonds. The normalized spacial score (nSPS) is 11.8. The first kappa shape index (κ1) is 28.5. The summed E-state index contributed by atoms with van der Waals surface area (Å²) in [6, 6.07) is 21.1. The second-order valence-electron chi connectivity index (χ2n) is 8.41. The monoisotopic (exact) mass is 539 g/mol. The second-order valence-corrected chi connectivity index (χ2v) is 10.3. The number of sulfonamides is 1. The molecule has 1 atom stereocenters. The summed E-state index contributed by atoms with van der Waals surface area (Å²) in [6.07, 6.45) is 0.353. The van der Waals surface area contributed by atoms with Gasteiger partial charge in [0.05, 0.1) is 24.8 Å². The Morgan fingerprint density at radius 1 is 0.895 bits per heavy atom. The topological polar surface area (TPSA) is 105 Å². The highest BCUT2D eigenvalue weighted by Crippen LogP contribution is 2.32. The molecule has 1 N–H and O–H groups in total. The molecular weight excluding hydrogens is 506 g/mol. The Labute approximate surface area is 224 Å². The lowest BCUT2D eigenvalue weighted by Gasteiger charge is -2.33. The van der Waals surface area contributed by atoms with Crippen LogP contribution in [0.4, 0.5) is 5.69 Å². The smallest absolute Gasteiger partial charge is 0.264 e. The largest absolute Gasteiger partial charge is 0.493 e. The Hall–Kier alpha value is -4.05. The summed E-state index contributed by atoms with van der Waals surface area (Å²) in [5.74, 6) is -0.230. The summed E-state index contributed by atoms with van der Waals surface area (Å²) in [5, 5.41) is 2.61. The number of benzene rings is 3. The molecule has 3 rings (SSSR count). The molecule has 38 heavy (non-hydrogen) atoms. The van der Waals surface area contributed by atoms with Gasteiger partial charge in [-0.25, -0.2) is 8.42 Å². The van der Waals surface area contributed by atoms with Gasteiger partial charge in [0.1, 0.15) is 12.6 Å². The van der Waals surface area contributed by atoms with E-state index in [1.807, 2.05) is 30.3 Å². The van der Waals surface area contributed by atoms with Crippen LogP contribution in [0, 0.1) is 0 Å². The standard InChI is InChI=1S/C28H33N3O6S/c1-5-24(28(33)29-2)30(19-21-12-8-6-9-13-21)27(32)20-31(22-14-10-7-11-15-22)38(34,35)23-16-17-25(36-3)26(18-23)37-4/h6-18,24H,5,19-20H2,1-4H3,(H,29,33)/t24-/m1/s1. The Morgan fingerprint density at radius 2 is 1.50 bits per heavy atom. The Bertz CT molecular complexity index is 1330. The van der Waals surface area contributed by atoms with E-state index in [0.717, 1.165) is 9.87 Å². The van der Waals surface area contributed by atoms with E-state index < -0.39 is 28.5 Å². The first-order valence-corrected chi connectivity index (χ1v) is 13.6. The van der Waals surface area contributed by atoms with Gasteiger partial charge in [0.2, 0.25) is 11.8 Å². The lowest BCUT2D eigenvalue weighted by atomic mass is 10.1. The maximum absolute atomic E-state index is 13.9. The average molecular weight is 540 g/mol. The summed E-state index contributed by atoms with van der Waals surface area (Å²) in [6.45, 7) is 1.44. The van der Waals surface area contributed by atoms with Gasteiger partial charge in [-0.05, 0) is 36.2 Å². The van der Waals surface area contributed by atoms with E-state index in [-0.39, 0.29) is 23.1 Å². The molecule has 0 spiro atoms. The maximum Gasteiger partial charge on any atom is 0.264 e. The van der Waals surface area contributed by atoms with Crippen LogP contribution in [0.25, 0.3) is 0 Å². The highest BCUT2D eigenvalue weighted by Gasteiger charge is 2.33. The van der Waals surface area contributed by atoms with Gasteiger partial charge in [-0.15, -0.1) is 0 Å². The van der Waals surface area contributed by atoms with Crippen LogP contribution in [0.15, 0.2) is 83.8 Å². The van der Waals surface area contributed by atoms with Gasteiger partial charge in [0.25, 0.3) is 10.0 Å². The van der Waals surface area contributed by atoms with Crippen molar-refractivity contribution in [2.24, 2.45) is 0 Å². The number of carbonyl (C=O) groups is 2. The van der Waals surface area contributed by atoms with Gasteiger partial charge in [-0.3, -0.25) is 13.9 Å². The van der Waals surface area contributed by atoms with E-state index in [0.29, 0.717) is 17.9 Å². The van der Waals surface area contributed by atoms with Crippen molar-refractivity contribution in [3.05, 3.63) is 84.4 Å². The third-order valence-electron chi connectivity index (χ3n) is 6.09. The SMILES string of the molecule is CC[C@H](C(=O)NC)N(Cc1ccccc1)C(=O)CN(c1ccccc1)S(=O)(=O)c1ccc(OC)c(OC)c1. The van der Waals surface area contributed by atoms with Crippen molar-refractivity contribution in [1.29, 1.82) is 0 Å². The van der Waals surface area contributed by atoms with E-state index in [1.165, 1.54) is 44.4 Å². The van der Waals surface area contributed by atoms with E-state index in [1.54, 1.807) is 37.3 Å². The predicted molar refractivity (Wildman–Crippen MR) is 146 cm³/mol. The molecule has 0 aliphatic carbocycles. The zero-order chi connectivity index (χ0) is 27.7. The molecule has 202 valence electrons. The summed E-state index contributed by atoms with van der Waals surface area (Å²) in [4.78, 5) is 27.9. The van der Waals surface area contributed by atoms with Gasteiger partial charge in [-0.1, -0.05) is 55.5 Å². The molecule has 0 saturated carbocycles. The van der Waals surface area contributed by atoms with Crippen molar-refractivity contribution < 1.29 is 27.5 Å². The number of amides is 2. The van der Waals surface area contributed by atoms with Gasteiger partial charge in [0.15, 0.2) is 11.5 Å². The number of rotatable bonds is 12. The number of likely N-dealkylation sites (N-methyl/N-ethyl adjacent to an activating group) is 1. The van der Waals surface area contributed by atoms with Crippen LogP contribution in [0.3, 0.4) is 0 Å². The molecule has 3 aromatic carbocycles. The minimum Gasteiger partial charge on any atom is -0.493 e. The van der Waals surface area contributed by atoms with Crippen molar-refractivity contribution in [3.63, 3.8) is 0 Å². The summed E-state index contributed by atoms with van der Waals surface area (Å²) < 4.78 is 39.4. The molecule has 0 bridgehead atoms. The zero-order valence-electron chi connectivity index (χ0n) is 22.0. The van der Waals surface area contributed by atoms with Gasteiger partial charge in [0, 0.05) is 19.7 Å². The van der Waals surface area contributed by atoms with E-state index >= 15 is 0 Å². The Kier molecular flexibility index (Phi) is 9.72. The minimum atomic E-state index is -4.22. The van der Waals surface area contributed by atoms with Crippen LogP contribution in [0.5, 0.6) is 11.5 Å². The number of hydrogen-bond acceptors (Lipinski definition) is 6. The van der Waals surface area contributed by atoms with Crippen LogP contribution < -0.4 is 19.1 Å². The van der Waals surface area contributed by atoms with Crippen molar-refractivity contribution >= 4 is 27.5 Å². The first-order valence-electron chi connectivity index (χ1n) is 12.1. The molecular formula is C28H33N3O6S. The molecule has 0 aliphatic rings. The number of hydrogen-bond donors (Lipinski definition) is 1. The van der Waals surface area contributed by atoms with Crippen molar-refractivity contribution in [1.82, 2.24) is 10.2 Å². The second kappa shape index (κ2) is 13.0. The number of para-hydroxylation sites is 1. The first-order chi connectivity index (χ1) is 18.3. The van der Waals surface area contributed by atoms with E-state index in [9.17, 15) is 18.0 Å². The van der Waals surface area contributed by atoms with Crippen LogP contribution in [-0.4, -0.2) is 59.0 Å². The molecule has 0 unspecified atom stereocenters. The third kappa shape index (κ3) is 6.44. The molecule has 10 heteroatoms. The molecule has 3 aromatic rings. The number of nitrogens with zero attached hydrogens (tertiary/aromatic N) is 2. The Morgan fingerprint density at radius 3 is 2.05 bits per heavy atom. The molecule has 0 saturated heterocycles. The molecule has 9 nitrogen and oxygen atoms in total. The summed E-state index contributed by atoms with van der Waals surface area (Å²) in [7, 11) is 0.158. The molecule has 0 aromatic heterocycles. The van der Waals surface area contributed by atoms with Crippen molar-refractivity contribution in [3.8, 4) is 11.5 Å². The highest BCUT2D eigenvalue weighted by atomic mass is 32.2. The van der Waals surface area contributed by atoms with Crippen LogP contribution in [0.2, 0.25) is 0 Å². The fourth-order valence-electron chi connectivity index (χ4n) is 4.09. The van der Waals surface area contributed by atoms with Crippen LogP contribution >= 0.6 is 0 Å². The minimum absolute atomic E-state index is 0.0697. The third-order valence-corrected chi connectivity index (χ3v) is 7.86. The van der Waals surface area contributed by atoms with E-state index in [4.69, 9.17) is 9.47 Å². The highest BCUT2D eigenvalue weighted by molar-refractivity contribution is 7.92. The quantitative estimate of drug-likeness (QED) is 0.378. The lowest BCUT2D eigenvalue weighted by molar-refractivity contribution is -0.140. The summed E-state index contributed by atoms with van der Waals surface area (Å²) >= 11 is 0. The molecule has 0 heterocycles. The number of methoxy groups -OCH3 is 2. The van der Waals surface area contributed by atoms with Crippen LogP contribution in [-0.2, 0) is 26.2 Å². The van der Waals surface area contributed by atoms with Crippen LogP contribution in [0.1, 0.15) is 18.9 Å². The van der Waals surface area contributed by atoms with Gasteiger partial charge in [-0.2, -0.15) is 0 Å². The summed E-state index contributed by atoms with van der Waals surface area (Å²) in [5.41, 5.74) is 1.13. The average Bonchev–Trinajstić information content (AvgIpc) is 2.95. The molecule has 0 radical (unpaired) electrons. The number of nitrogens with one attached hydrogen (secondary N) is 1. The number of carbonyl (C=O) groups excluding carboxylic acids is 2.